The van der Waals surface area contributed by atoms with Crippen molar-refractivity contribution in [3.63, 3.8) is 0 Å². The number of nitrogens with zero attached hydrogens (tertiary/aromatic N) is 2. The number of benzene rings is 2. The number of anilines is 1. The number of amides is 2. The van der Waals surface area contributed by atoms with E-state index in [2.05, 4.69) is 10.2 Å². The second-order valence-electron chi connectivity index (χ2n) is 6.51. The first-order valence-corrected chi connectivity index (χ1v) is 8.99. The minimum Gasteiger partial charge on any atom is -0.322 e. The number of hydrogen-bond donors (Lipinski definition) is 1. The van der Waals surface area contributed by atoms with Gasteiger partial charge in [-0.3, -0.25) is 4.90 Å². The predicted molar refractivity (Wildman–Crippen MR) is 98.7 cm³/mol. The van der Waals surface area contributed by atoms with Crippen LogP contribution in [0.5, 0.6) is 0 Å². The van der Waals surface area contributed by atoms with Crippen LogP contribution in [0.4, 0.5) is 28.0 Å². The maximum Gasteiger partial charge on any atom is 0.417 e. The summed E-state index contributed by atoms with van der Waals surface area (Å²) in [6.07, 6.45) is -4.59. The molecule has 0 spiro atoms. The molecule has 0 aromatic heterocycles. The Morgan fingerprint density at radius 2 is 1.68 bits per heavy atom. The Balaban J connectivity index is 1.55. The summed E-state index contributed by atoms with van der Waals surface area (Å²) in [5, 5.41) is 2.07. The summed E-state index contributed by atoms with van der Waals surface area (Å²) >= 11 is 5.59. The minimum atomic E-state index is -4.59. The molecule has 0 radical (unpaired) electrons. The summed E-state index contributed by atoms with van der Waals surface area (Å²) in [5.41, 5.74) is 0.0201. The number of rotatable bonds is 3. The van der Waals surface area contributed by atoms with E-state index in [0.29, 0.717) is 32.7 Å². The van der Waals surface area contributed by atoms with E-state index in [9.17, 15) is 22.4 Å². The summed E-state index contributed by atoms with van der Waals surface area (Å²) in [5.74, 6) is -0.291. The molecular formula is C19H18ClF4N3O. The molecule has 1 aliphatic heterocycles. The third-order valence-electron chi connectivity index (χ3n) is 4.50. The van der Waals surface area contributed by atoms with Crippen LogP contribution < -0.4 is 5.32 Å². The average Bonchev–Trinajstić information content (AvgIpc) is 2.65. The van der Waals surface area contributed by atoms with Gasteiger partial charge in [-0.15, -0.1) is 0 Å². The fourth-order valence-corrected chi connectivity index (χ4v) is 3.20. The van der Waals surface area contributed by atoms with Crippen LogP contribution in [0.1, 0.15) is 11.1 Å². The van der Waals surface area contributed by atoms with Crippen molar-refractivity contribution >= 4 is 23.3 Å². The van der Waals surface area contributed by atoms with E-state index in [1.165, 1.54) is 18.2 Å². The number of hydrogen-bond acceptors (Lipinski definition) is 2. The third-order valence-corrected chi connectivity index (χ3v) is 4.83. The van der Waals surface area contributed by atoms with Gasteiger partial charge >= 0.3 is 12.2 Å². The van der Waals surface area contributed by atoms with Crippen LogP contribution in [0.3, 0.4) is 0 Å². The molecule has 3 rings (SSSR count). The van der Waals surface area contributed by atoms with Gasteiger partial charge in [0, 0.05) is 38.4 Å². The molecule has 2 aromatic carbocycles. The molecule has 1 N–H and O–H groups in total. The van der Waals surface area contributed by atoms with Gasteiger partial charge in [0.1, 0.15) is 5.82 Å². The zero-order valence-corrected chi connectivity index (χ0v) is 15.5. The summed E-state index contributed by atoms with van der Waals surface area (Å²) in [4.78, 5) is 16.0. The number of carbonyl (C=O) groups excluding carboxylic acids is 1. The minimum absolute atomic E-state index is 0.0375. The predicted octanol–water partition coefficient (Wildman–Crippen LogP) is 4.85. The number of piperazine rings is 1. The van der Waals surface area contributed by atoms with Crippen LogP contribution in [-0.4, -0.2) is 42.0 Å². The first-order chi connectivity index (χ1) is 13.2. The number of carbonyl (C=O) groups is 1. The fraction of sp³-hybridized carbons (Fsp3) is 0.316. The van der Waals surface area contributed by atoms with Crippen LogP contribution in [0, 0.1) is 5.82 Å². The molecule has 0 unspecified atom stereocenters. The van der Waals surface area contributed by atoms with E-state index >= 15 is 0 Å². The van der Waals surface area contributed by atoms with Gasteiger partial charge in [0.25, 0.3) is 0 Å². The highest BCUT2D eigenvalue weighted by atomic mass is 35.5. The van der Waals surface area contributed by atoms with Crippen molar-refractivity contribution in [2.75, 3.05) is 31.5 Å². The zero-order valence-electron chi connectivity index (χ0n) is 14.8. The van der Waals surface area contributed by atoms with E-state index in [4.69, 9.17) is 11.6 Å². The normalized spacial score (nSPS) is 15.5. The van der Waals surface area contributed by atoms with Crippen LogP contribution in [0.15, 0.2) is 42.5 Å². The van der Waals surface area contributed by atoms with Crippen molar-refractivity contribution in [1.82, 2.24) is 9.80 Å². The molecule has 1 heterocycles. The molecular weight excluding hydrogens is 398 g/mol. The molecule has 2 aromatic rings. The lowest BCUT2D eigenvalue weighted by Crippen LogP contribution is -2.49. The second kappa shape index (κ2) is 8.36. The van der Waals surface area contributed by atoms with Crippen molar-refractivity contribution in [2.24, 2.45) is 0 Å². The Labute approximate surface area is 164 Å². The maximum absolute atomic E-state index is 13.0. The molecule has 1 aliphatic rings. The molecule has 9 heteroatoms. The van der Waals surface area contributed by atoms with E-state index < -0.39 is 22.8 Å². The van der Waals surface area contributed by atoms with Gasteiger partial charge < -0.3 is 10.2 Å². The zero-order chi connectivity index (χ0) is 20.3. The van der Waals surface area contributed by atoms with Crippen molar-refractivity contribution in [3.8, 4) is 0 Å². The van der Waals surface area contributed by atoms with E-state index in [-0.39, 0.29) is 11.5 Å². The molecule has 0 aliphatic carbocycles. The lowest BCUT2D eigenvalue weighted by Gasteiger charge is -2.34. The Kier molecular flexibility index (Phi) is 6.10. The largest absolute Gasteiger partial charge is 0.417 e. The van der Waals surface area contributed by atoms with Gasteiger partial charge in [-0.05, 0) is 35.9 Å². The highest BCUT2D eigenvalue weighted by Gasteiger charge is 2.33. The Bertz CT molecular complexity index is 834. The molecule has 2 amide bonds. The Hall–Kier alpha value is -2.32. The molecule has 1 saturated heterocycles. The summed E-state index contributed by atoms with van der Waals surface area (Å²) in [6.45, 7) is 2.74. The van der Waals surface area contributed by atoms with E-state index in [1.54, 1.807) is 17.0 Å². The van der Waals surface area contributed by atoms with Gasteiger partial charge in [0.15, 0.2) is 0 Å². The second-order valence-corrected chi connectivity index (χ2v) is 6.92. The number of urea groups is 1. The maximum atomic E-state index is 13.0. The monoisotopic (exact) mass is 415 g/mol. The lowest BCUT2D eigenvalue weighted by molar-refractivity contribution is -0.137. The summed E-state index contributed by atoms with van der Waals surface area (Å²) in [7, 11) is 0. The van der Waals surface area contributed by atoms with Crippen LogP contribution in [0.2, 0.25) is 5.02 Å². The standard InChI is InChI=1S/C19H18ClF4N3O/c20-17-6-5-15(11-16(17)19(22,23)24)25-18(28)27-9-7-26(8-10-27)12-13-1-3-14(21)4-2-13/h1-6,11H,7-10,12H2,(H,25,28). The number of halogens is 5. The molecule has 28 heavy (non-hydrogen) atoms. The number of nitrogens with one attached hydrogen (secondary N) is 1. The van der Waals surface area contributed by atoms with Gasteiger partial charge in [-0.1, -0.05) is 23.7 Å². The molecule has 0 atom stereocenters. The summed E-state index contributed by atoms with van der Waals surface area (Å²) in [6, 6.07) is 9.05. The SMILES string of the molecule is O=C(Nc1ccc(Cl)c(C(F)(F)F)c1)N1CCN(Cc2ccc(F)cc2)CC1. The van der Waals surface area contributed by atoms with E-state index in [0.717, 1.165) is 17.7 Å². The lowest BCUT2D eigenvalue weighted by atomic mass is 10.2. The van der Waals surface area contributed by atoms with Crippen molar-refractivity contribution in [1.29, 1.82) is 0 Å². The number of alkyl halides is 3. The first-order valence-electron chi connectivity index (χ1n) is 8.62. The highest BCUT2D eigenvalue weighted by Crippen LogP contribution is 2.36. The van der Waals surface area contributed by atoms with Crippen LogP contribution in [-0.2, 0) is 12.7 Å². The summed E-state index contributed by atoms with van der Waals surface area (Å²) < 4.78 is 51.8. The fourth-order valence-electron chi connectivity index (χ4n) is 2.98. The van der Waals surface area contributed by atoms with Crippen molar-refractivity contribution < 1.29 is 22.4 Å². The first kappa shape index (κ1) is 20.4. The van der Waals surface area contributed by atoms with Gasteiger partial charge in [0.05, 0.1) is 10.6 Å². The van der Waals surface area contributed by atoms with Gasteiger partial charge in [0.2, 0.25) is 0 Å². The average molecular weight is 416 g/mol. The van der Waals surface area contributed by atoms with Crippen LogP contribution >= 0.6 is 11.6 Å². The Morgan fingerprint density at radius 1 is 1.04 bits per heavy atom. The van der Waals surface area contributed by atoms with E-state index in [1.807, 2.05) is 0 Å². The highest BCUT2D eigenvalue weighted by molar-refractivity contribution is 6.31. The van der Waals surface area contributed by atoms with Gasteiger partial charge in [-0.25, -0.2) is 9.18 Å². The smallest absolute Gasteiger partial charge is 0.322 e. The molecule has 150 valence electrons. The topological polar surface area (TPSA) is 35.6 Å². The van der Waals surface area contributed by atoms with Crippen molar-refractivity contribution in [2.45, 2.75) is 12.7 Å². The quantitative estimate of drug-likeness (QED) is 0.727. The molecule has 0 bridgehead atoms. The van der Waals surface area contributed by atoms with Crippen molar-refractivity contribution in [3.05, 3.63) is 64.4 Å². The molecule has 0 saturated carbocycles. The van der Waals surface area contributed by atoms with Gasteiger partial charge in [-0.2, -0.15) is 13.2 Å². The van der Waals surface area contributed by atoms with Crippen LogP contribution in [0.25, 0.3) is 0 Å². The third kappa shape index (κ3) is 5.14. The molecule has 1 fully saturated rings. The molecule has 4 nitrogen and oxygen atoms in total. The Morgan fingerprint density at radius 3 is 2.29 bits per heavy atom.